The molecule has 0 aliphatic carbocycles. The average molecular weight is 330 g/mol. The normalized spacial score (nSPS) is 10.6. The third kappa shape index (κ3) is 3.14. The van der Waals surface area contributed by atoms with Gasteiger partial charge in [-0.1, -0.05) is 23.7 Å². The van der Waals surface area contributed by atoms with Crippen molar-refractivity contribution < 1.29 is 9.47 Å². The molecular weight excluding hydrogens is 314 g/mol. The zero-order valence-corrected chi connectivity index (χ0v) is 13.6. The first-order chi connectivity index (χ1) is 11.2. The molecule has 0 aliphatic rings. The smallest absolute Gasteiger partial charge is 0.187 e. The number of nitrogens with one attached hydrogen (secondary N) is 1. The highest BCUT2D eigenvalue weighted by molar-refractivity contribution is 6.30. The van der Waals surface area contributed by atoms with E-state index in [1.165, 1.54) is 6.33 Å². The minimum Gasteiger partial charge on any atom is -0.493 e. The van der Waals surface area contributed by atoms with Crippen LogP contribution in [-0.4, -0.2) is 24.2 Å². The number of halogens is 1. The van der Waals surface area contributed by atoms with Crippen molar-refractivity contribution in [3.63, 3.8) is 0 Å². The largest absolute Gasteiger partial charge is 0.493 e. The van der Waals surface area contributed by atoms with Gasteiger partial charge in [0, 0.05) is 17.0 Å². The van der Waals surface area contributed by atoms with Crippen LogP contribution in [0.25, 0.3) is 10.9 Å². The van der Waals surface area contributed by atoms with Crippen LogP contribution in [0.3, 0.4) is 0 Å². The first-order valence-electron chi connectivity index (χ1n) is 7.07. The quantitative estimate of drug-likeness (QED) is 0.769. The number of benzene rings is 2. The zero-order chi connectivity index (χ0) is 16.2. The molecule has 6 heteroatoms. The van der Waals surface area contributed by atoms with Crippen molar-refractivity contribution in [2.45, 2.75) is 6.54 Å². The minimum absolute atomic E-state index is 0.599. The summed E-state index contributed by atoms with van der Waals surface area (Å²) in [6, 6.07) is 11.4. The molecule has 0 saturated heterocycles. The van der Waals surface area contributed by atoms with Gasteiger partial charge in [0.05, 0.1) is 14.2 Å². The maximum absolute atomic E-state index is 5.90. The van der Waals surface area contributed by atoms with E-state index in [2.05, 4.69) is 15.3 Å². The van der Waals surface area contributed by atoms with Crippen molar-refractivity contribution in [1.29, 1.82) is 0 Å². The molecule has 0 amide bonds. The molecule has 0 bridgehead atoms. The Kier molecular flexibility index (Phi) is 4.48. The summed E-state index contributed by atoms with van der Waals surface area (Å²) in [4.78, 5) is 8.64. The van der Waals surface area contributed by atoms with Crippen molar-refractivity contribution in [3.8, 4) is 11.5 Å². The van der Waals surface area contributed by atoms with Gasteiger partial charge in [-0.3, -0.25) is 0 Å². The summed E-state index contributed by atoms with van der Waals surface area (Å²) in [5.41, 5.74) is 1.82. The fourth-order valence-corrected chi connectivity index (χ4v) is 2.50. The van der Waals surface area contributed by atoms with Crippen LogP contribution in [0.1, 0.15) is 5.56 Å². The lowest BCUT2D eigenvalue weighted by Gasteiger charge is -2.12. The van der Waals surface area contributed by atoms with E-state index in [0.29, 0.717) is 23.6 Å². The molecule has 0 fully saturated rings. The van der Waals surface area contributed by atoms with E-state index in [-0.39, 0.29) is 0 Å². The summed E-state index contributed by atoms with van der Waals surface area (Å²) in [5.74, 6) is 1.98. The van der Waals surface area contributed by atoms with Crippen molar-refractivity contribution in [3.05, 3.63) is 53.3 Å². The topological polar surface area (TPSA) is 56.3 Å². The molecule has 1 heterocycles. The maximum Gasteiger partial charge on any atom is 0.187 e. The standard InChI is InChI=1S/C17H16ClN3O2/c1-22-14-8-7-13-15(16(14)23-2)20-10-21-17(13)19-9-11-3-5-12(18)6-4-11/h3-8,10H,9H2,1-2H3,(H,19,20,21). The molecule has 3 aromatic rings. The van der Waals surface area contributed by atoms with E-state index in [1.807, 2.05) is 36.4 Å². The lowest BCUT2D eigenvalue weighted by atomic mass is 10.2. The number of rotatable bonds is 5. The number of fused-ring (bicyclic) bond motifs is 1. The minimum atomic E-state index is 0.599. The number of anilines is 1. The Labute approximate surface area is 139 Å². The van der Waals surface area contributed by atoms with Crippen molar-refractivity contribution in [2.24, 2.45) is 0 Å². The van der Waals surface area contributed by atoms with Gasteiger partial charge >= 0.3 is 0 Å². The van der Waals surface area contributed by atoms with Gasteiger partial charge in [-0.05, 0) is 29.8 Å². The molecule has 118 valence electrons. The predicted molar refractivity (Wildman–Crippen MR) is 91.4 cm³/mol. The van der Waals surface area contributed by atoms with E-state index < -0.39 is 0 Å². The molecule has 23 heavy (non-hydrogen) atoms. The zero-order valence-electron chi connectivity index (χ0n) is 12.8. The summed E-state index contributed by atoms with van der Waals surface area (Å²) < 4.78 is 10.7. The third-order valence-electron chi connectivity index (χ3n) is 3.52. The van der Waals surface area contributed by atoms with Gasteiger partial charge in [0.25, 0.3) is 0 Å². The highest BCUT2D eigenvalue weighted by atomic mass is 35.5. The van der Waals surface area contributed by atoms with Gasteiger partial charge in [-0.2, -0.15) is 0 Å². The summed E-state index contributed by atoms with van der Waals surface area (Å²) in [7, 11) is 3.20. The van der Waals surface area contributed by atoms with Crippen LogP contribution < -0.4 is 14.8 Å². The molecular formula is C17H16ClN3O2. The molecule has 0 atom stereocenters. The Bertz CT molecular complexity index is 822. The van der Waals surface area contributed by atoms with Crippen LogP contribution in [0.2, 0.25) is 5.02 Å². The molecule has 3 rings (SSSR count). The SMILES string of the molecule is COc1ccc2c(NCc3ccc(Cl)cc3)ncnc2c1OC. The van der Waals surface area contributed by atoms with Crippen molar-refractivity contribution in [1.82, 2.24) is 9.97 Å². The van der Waals surface area contributed by atoms with Gasteiger partial charge in [-0.15, -0.1) is 0 Å². The number of hydrogen-bond donors (Lipinski definition) is 1. The Morgan fingerprint density at radius 3 is 2.48 bits per heavy atom. The first kappa shape index (κ1) is 15.4. The summed E-state index contributed by atoms with van der Waals surface area (Å²) in [5, 5.41) is 4.92. The fourth-order valence-electron chi connectivity index (χ4n) is 2.37. The highest BCUT2D eigenvalue weighted by Crippen LogP contribution is 2.35. The highest BCUT2D eigenvalue weighted by Gasteiger charge is 2.13. The Morgan fingerprint density at radius 2 is 1.78 bits per heavy atom. The Morgan fingerprint density at radius 1 is 1.00 bits per heavy atom. The van der Waals surface area contributed by atoms with E-state index in [1.54, 1.807) is 14.2 Å². The van der Waals surface area contributed by atoms with Gasteiger partial charge in [0.2, 0.25) is 0 Å². The van der Waals surface area contributed by atoms with E-state index in [0.717, 1.165) is 21.8 Å². The molecule has 1 N–H and O–H groups in total. The second kappa shape index (κ2) is 6.71. The lowest BCUT2D eigenvalue weighted by Crippen LogP contribution is -2.03. The number of aromatic nitrogens is 2. The van der Waals surface area contributed by atoms with Crippen molar-refractivity contribution in [2.75, 3.05) is 19.5 Å². The Hall–Kier alpha value is -2.53. The molecule has 2 aromatic carbocycles. The van der Waals surface area contributed by atoms with Crippen LogP contribution in [0.5, 0.6) is 11.5 Å². The number of nitrogens with zero attached hydrogens (tertiary/aromatic N) is 2. The lowest BCUT2D eigenvalue weighted by molar-refractivity contribution is 0.358. The summed E-state index contributed by atoms with van der Waals surface area (Å²) in [6.45, 7) is 0.637. The monoisotopic (exact) mass is 329 g/mol. The molecule has 1 aromatic heterocycles. The van der Waals surface area contributed by atoms with Gasteiger partial charge in [0.15, 0.2) is 11.5 Å². The van der Waals surface area contributed by atoms with Crippen LogP contribution in [0.4, 0.5) is 5.82 Å². The molecule has 0 saturated carbocycles. The van der Waals surface area contributed by atoms with E-state index >= 15 is 0 Å². The predicted octanol–water partition coefficient (Wildman–Crippen LogP) is 3.91. The van der Waals surface area contributed by atoms with Gasteiger partial charge in [0.1, 0.15) is 17.7 Å². The van der Waals surface area contributed by atoms with Crippen LogP contribution in [0.15, 0.2) is 42.7 Å². The van der Waals surface area contributed by atoms with Crippen LogP contribution in [0, 0.1) is 0 Å². The fraction of sp³-hybridized carbons (Fsp3) is 0.176. The van der Waals surface area contributed by atoms with Crippen LogP contribution in [-0.2, 0) is 6.54 Å². The number of ether oxygens (including phenoxy) is 2. The van der Waals surface area contributed by atoms with Crippen molar-refractivity contribution >= 4 is 28.3 Å². The molecule has 0 aliphatic heterocycles. The second-order valence-electron chi connectivity index (χ2n) is 4.90. The first-order valence-corrected chi connectivity index (χ1v) is 7.44. The molecule has 5 nitrogen and oxygen atoms in total. The van der Waals surface area contributed by atoms with E-state index in [9.17, 15) is 0 Å². The van der Waals surface area contributed by atoms with E-state index in [4.69, 9.17) is 21.1 Å². The molecule has 0 spiro atoms. The van der Waals surface area contributed by atoms with Gasteiger partial charge < -0.3 is 14.8 Å². The number of methoxy groups -OCH3 is 2. The van der Waals surface area contributed by atoms with Gasteiger partial charge in [-0.25, -0.2) is 9.97 Å². The number of hydrogen-bond acceptors (Lipinski definition) is 5. The second-order valence-corrected chi connectivity index (χ2v) is 5.34. The molecule has 0 unspecified atom stereocenters. The van der Waals surface area contributed by atoms with Crippen LogP contribution >= 0.6 is 11.6 Å². The Balaban J connectivity index is 1.93. The third-order valence-corrected chi connectivity index (χ3v) is 3.77. The average Bonchev–Trinajstić information content (AvgIpc) is 2.60. The summed E-state index contributed by atoms with van der Waals surface area (Å²) >= 11 is 5.90. The maximum atomic E-state index is 5.90. The summed E-state index contributed by atoms with van der Waals surface area (Å²) in [6.07, 6.45) is 1.51. The molecule has 0 radical (unpaired) electrons.